The minimum absolute atomic E-state index is 0. The molecule has 0 bridgehead atoms. The van der Waals surface area contributed by atoms with Crippen molar-refractivity contribution in [2.45, 2.75) is 33.2 Å². The third-order valence-electron chi connectivity index (χ3n) is 4.98. The van der Waals surface area contributed by atoms with Gasteiger partial charge in [0.1, 0.15) is 0 Å². The molecule has 25 heavy (non-hydrogen) atoms. The zero-order valence-corrected chi connectivity index (χ0v) is 16.1. The molecule has 2 N–H and O–H groups in total. The van der Waals surface area contributed by atoms with Gasteiger partial charge >= 0.3 is 0 Å². The Balaban J connectivity index is 0.00000225. The van der Waals surface area contributed by atoms with Gasteiger partial charge in [-0.05, 0) is 43.0 Å². The number of carbonyl (C=O) groups excluding carboxylic acids is 1. The van der Waals surface area contributed by atoms with Crippen LogP contribution in [-0.2, 0) is 18.4 Å². The highest BCUT2D eigenvalue weighted by Crippen LogP contribution is 2.28. The van der Waals surface area contributed by atoms with Crippen molar-refractivity contribution < 1.29 is 4.79 Å². The Morgan fingerprint density at radius 1 is 1.28 bits per heavy atom. The molecular weight excluding hydrogens is 336 g/mol. The average Bonchev–Trinajstić information content (AvgIpc) is 3.14. The monoisotopic (exact) mass is 362 g/mol. The summed E-state index contributed by atoms with van der Waals surface area (Å²) in [6, 6.07) is 4.34. The van der Waals surface area contributed by atoms with Gasteiger partial charge in [0.25, 0.3) is 0 Å². The topological polar surface area (TPSA) is 59.0 Å². The summed E-state index contributed by atoms with van der Waals surface area (Å²) >= 11 is 0. The summed E-state index contributed by atoms with van der Waals surface area (Å²) < 4.78 is 1.79. The number of nitrogens with one attached hydrogen (secondary N) is 2. The maximum absolute atomic E-state index is 12.7. The number of aromatic nitrogens is 2. The zero-order chi connectivity index (χ0) is 17.3. The third kappa shape index (κ3) is 4.22. The average molecular weight is 363 g/mol. The number of hydrogen-bond donors (Lipinski definition) is 2. The second-order valence-corrected chi connectivity index (χ2v) is 6.91. The number of rotatable bonds is 4. The number of halogens is 1. The van der Waals surface area contributed by atoms with Gasteiger partial charge in [-0.2, -0.15) is 5.10 Å². The van der Waals surface area contributed by atoms with Crippen molar-refractivity contribution in [3.8, 4) is 0 Å². The molecule has 3 rings (SSSR count). The lowest BCUT2D eigenvalue weighted by atomic mass is 9.90. The molecule has 0 radical (unpaired) electrons. The van der Waals surface area contributed by atoms with Gasteiger partial charge < -0.3 is 10.6 Å². The molecule has 1 saturated heterocycles. The first kappa shape index (κ1) is 19.5. The molecule has 2 atom stereocenters. The molecule has 1 aliphatic rings. The van der Waals surface area contributed by atoms with Gasteiger partial charge in [0.2, 0.25) is 5.91 Å². The van der Waals surface area contributed by atoms with Crippen LogP contribution in [0.2, 0.25) is 0 Å². The first-order chi connectivity index (χ1) is 11.5. The molecule has 1 aromatic carbocycles. The largest absolute Gasteiger partial charge is 0.352 e. The molecule has 6 heteroatoms. The molecule has 0 saturated carbocycles. The van der Waals surface area contributed by atoms with Crippen LogP contribution < -0.4 is 10.6 Å². The second-order valence-electron chi connectivity index (χ2n) is 6.91. The maximum atomic E-state index is 12.7. The van der Waals surface area contributed by atoms with Gasteiger partial charge in [0.05, 0.1) is 12.1 Å². The summed E-state index contributed by atoms with van der Waals surface area (Å²) in [6.07, 6.45) is 3.87. The third-order valence-corrected chi connectivity index (χ3v) is 4.98. The Bertz CT molecular complexity index is 733. The van der Waals surface area contributed by atoms with Crippen LogP contribution in [-0.4, -0.2) is 28.8 Å². The lowest BCUT2D eigenvalue weighted by molar-refractivity contribution is -0.125. The van der Waals surface area contributed by atoms with E-state index in [2.05, 4.69) is 48.6 Å². The van der Waals surface area contributed by atoms with Gasteiger partial charge in [-0.3, -0.25) is 9.48 Å². The number of carbonyl (C=O) groups is 1. The molecule has 136 valence electrons. The smallest absolute Gasteiger partial charge is 0.225 e. The van der Waals surface area contributed by atoms with Crippen molar-refractivity contribution >= 4 is 18.3 Å². The second kappa shape index (κ2) is 8.02. The van der Waals surface area contributed by atoms with Gasteiger partial charge in [0, 0.05) is 38.8 Å². The van der Waals surface area contributed by atoms with Crippen LogP contribution in [0.25, 0.3) is 0 Å². The summed E-state index contributed by atoms with van der Waals surface area (Å²) in [5.41, 5.74) is 6.09. The van der Waals surface area contributed by atoms with Gasteiger partial charge in [-0.25, -0.2) is 0 Å². The molecule has 1 amide bonds. The normalized spacial score (nSPS) is 19.5. The molecular formula is C19H27ClN4O. The maximum Gasteiger partial charge on any atom is 0.225 e. The van der Waals surface area contributed by atoms with Crippen LogP contribution in [0, 0.1) is 26.7 Å². The summed E-state index contributed by atoms with van der Waals surface area (Å²) in [4.78, 5) is 12.7. The van der Waals surface area contributed by atoms with Gasteiger partial charge in [-0.15, -0.1) is 12.4 Å². The summed E-state index contributed by atoms with van der Waals surface area (Å²) in [6.45, 7) is 8.45. The number of aryl methyl sites for hydroxylation is 4. The fraction of sp³-hybridized carbons (Fsp3) is 0.474. The Morgan fingerprint density at radius 3 is 2.56 bits per heavy atom. The van der Waals surface area contributed by atoms with Crippen LogP contribution in [0.1, 0.15) is 33.7 Å². The molecule has 1 aromatic heterocycles. The lowest BCUT2D eigenvalue weighted by Crippen LogP contribution is -2.34. The fourth-order valence-corrected chi connectivity index (χ4v) is 3.73. The molecule has 2 heterocycles. The van der Waals surface area contributed by atoms with Crippen LogP contribution >= 0.6 is 12.4 Å². The Labute approximate surface area is 155 Å². The summed E-state index contributed by atoms with van der Waals surface area (Å²) in [5.74, 6) is 0.271. The zero-order valence-electron chi connectivity index (χ0n) is 15.3. The highest BCUT2D eigenvalue weighted by atomic mass is 35.5. The van der Waals surface area contributed by atoms with Crippen molar-refractivity contribution in [2.75, 3.05) is 13.1 Å². The minimum atomic E-state index is -0.0414. The highest BCUT2D eigenvalue weighted by molar-refractivity contribution is 5.85. The lowest BCUT2D eigenvalue weighted by Gasteiger charge is -2.18. The summed E-state index contributed by atoms with van der Waals surface area (Å²) in [5, 5.41) is 10.7. The van der Waals surface area contributed by atoms with Crippen LogP contribution in [0.15, 0.2) is 24.5 Å². The van der Waals surface area contributed by atoms with E-state index in [0.29, 0.717) is 6.54 Å². The first-order valence-corrected chi connectivity index (χ1v) is 8.49. The molecule has 2 aromatic rings. The van der Waals surface area contributed by atoms with Crippen LogP contribution in [0.3, 0.4) is 0 Å². The van der Waals surface area contributed by atoms with E-state index < -0.39 is 0 Å². The molecule has 1 aliphatic heterocycles. The van der Waals surface area contributed by atoms with Crippen molar-refractivity contribution in [2.24, 2.45) is 13.0 Å². The SMILES string of the molecule is Cc1cc(C)c(CNC(=O)[C@H]2CNC[C@@H]2c2cnn(C)c2)c(C)c1.Cl. The number of benzene rings is 1. The summed E-state index contributed by atoms with van der Waals surface area (Å²) in [7, 11) is 1.91. The van der Waals surface area contributed by atoms with E-state index in [4.69, 9.17) is 0 Å². The highest BCUT2D eigenvalue weighted by Gasteiger charge is 2.34. The van der Waals surface area contributed by atoms with Crippen molar-refractivity contribution in [3.63, 3.8) is 0 Å². The van der Waals surface area contributed by atoms with Crippen LogP contribution in [0.4, 0.5) is 0 Å². The van der Waals surface area contributed by atoms with E-state index in [9.17, 15) is 4.79 Å². The molecule has 0 spiro atoms. The molecule has 0 unspecified atom stereocenters. The standard InChI is InChI=1S/C19H26N4O.ClH/c1-12-5-13(2)16(14(3)6-12)10-21-19(24)18-9-20-8-17(18)15-7-22-23(4)11-15;/h5-7,11,17-18,20H,8-10H2,1-4H3,(H,21,24);1H/t17-,18+;/m1./s1. The quantitative estimate of drug-likeness (QED) is 0.878. The fourth-order valence-electron chi connectivity index (χ4n) is 3.73. The van der Waals surface area contributed by atoms with E-state index in [1.54, 1.807) is 4.68 Å². The van der Waals surface area contributed by atoms with Crippen molar-refractivity contribution in [3.05, 3.63) is 52.3 Å². The van der Waals surface area contributed by atoms with E-state index in [1.807, 2.05) is 19.4 Å². The van der Waals surface area contributed by atoms with Gasteiger partial charge in [-0.1, -0.05) is 17.7 Å². The minimum Gasteiger partial charge on any atom is -0.352 e. The van der Waals surface area contributed by atoms with Gasteiger partial charge in [0.15, 0.2) is 0 Å². The molecule has 5 nitrogen and oxygen atoms in total. The predicted molar refractivity (Wildman–Crippen MR) is 102 cm³/mol. The first-order valence-electron chi connectivity index (χ1n) is 8.49. The van der Waals surface area contributed by atoms with Crippen LogP contribution in [0.5, 0.6) is 0 Å². The van der Waals surface area contributed by atoms with E-state index >= 15 is 0 Å². The number of hydrogen-bond acceptors (Lipinski definition) is 3. The molecule has 0 aliphatic carbocycles. The molecule has 1 fully saturated rings. The van der Waals surface area contributed by atoms with E-state index in [-0.39, 0.29) is 30.2 Å². The number of nitrogens with zero attached hydrogens (tertiary/aromatic N) is 2. The Morgan fingerprint density at radius 2 is 1.96 bits per heavy atom. The Kier molecular flexibility index (Phi) is 6.25. The predicted octanol–water partition coefficient (Wildman–Crippen LogP) is 2.39. The van der Waals surface area contributed by atoms with Crippen molar-refractivity contribution in [1.29, 1.82) is 0 Å². The van der Waals surface area contributed by atoms with E-state index in [0.717, 1.165) is 18.7 Å². The Hall–Kier alpha value is -1.85. The van der Waals surface area contributed by atoms with E-state index in [1.165, 1.54) is 22.3 Å². The van der Waals surface area contributed by atoms with Crippen molar-refractivity contribution in [1.82, 2.24) is 20.4 Å². The number of amides is 1.